The average Bonchev–Trinajstić information content (AvgIpc) is 3.12. The normalized spacial score (nSPS) is 17.4. The number of carbonyl (C=O) groups is 1. The van der Waals surface area contributed by atoms with Gasteiger partial charge in [0.25, 0.3) is 0 Å². The van der Waals surface area contributed by atoms with Crippen molar-refractivity contribution < 1.29 is 4.79 Å². The number of thiophene rings is 1. The number of nitrogens with zero attached hydrogens (tertiary/aromatic N) is 2. The highest BCUT2D eigenvalue weighted by Gasteiger charge is 2.30. The number of rotatable bonds is 3. The molecular formula is C17H23N3OS. The largest absolute Gasteiger partial charge is 0.350 e. The molecule has 5 heteroatoms. The molecule has 1 aliphatic heterocycles. The van der Waals surface area contributed by atoms with Crippen LogP contribution in [0.2, 0.25) is 0 Å². The summed E-state index contributed by atoms with van der Waals surface area (Å²) in [5.41, 5.74) is 3.67. The Labute approximate surface area is 135 Å². The van der Waals surface area contributed by atoms with E-state index in [0.717, 1.165) is 25.1 Å². The van der Waals surface area contributed by atoms with Crippen molar-refractivity contribution in [3.63, 3.8) is 0 Å². The molecule has 0 unspecified atom stereocenters. The van der Waals surface area contributed by atoms with E-state index in [-0.39, 0.29) is 12.1 Å². The van der Waals surface area contributed by atoms with Gasteiger partial charge in [0, 0.05) is 29.9 Å². The van der Waals surface area contributed by atoms with E-state index in [2.05, 4.69) is 47.3 Å². The third-order valence-corrected chi connectivity index (χ3v) is 5.64. The minimum Gasteiger partial charge on any atom is -0.350 e. The number of hydrogen-bond acceptors (Lipinski definition) is 2. The van der Waals surface area contributed by atoms with Crippen molar-refractivity contribution in [1.82, 2.24) is 14.8 Å². The van der Waals surface area contributed by atoms with Crippen molar-refractivity contribution in [2.45, 2.75) is 39.3 Å². The fourth-order valence-electron chi connectivity index (χ4n) is 3.19. The molecule has 2 aromatic heterocycles. The van der Waals surface area contributed by atoms with Gasteiger partial charge >= 0.3 is 6.03 Å². The Hall–Kier alpha value is -1.75. The molecule has 0 aliphatic carbocycles. The first-order chi connectivity index (χ1) is 10.6. The molecule has 4 nitrogen and oxygen atoms in total. The van der Waals surface area contributed by atoms with Crippen molar-refractivity contribution in [2.24, 2.45) is 7.05 Å². The van der Waals surface area contributed by atoms with Gasteiger partial charge in [0.2, 0.25) is 0 Å². The van der Waals surface area contributed by atoms with Gasteiger partial charge in [0.05, 0.1) is 12.6 Å². The van der Waals surface area contributed by atoms with Gasteiger partial charge in [0.15, 0.2) is 0 Å². The highest BCUT2D eigenvalue weighted by atomic mass is 32.1. The molecule has 0 radical (unpaired) electrons. The minimum absolute atomic E-state index is 0.0440. The fourth-order valence-corrected chi connectivity index (χ4v) is 4.12. The van der Waals surface area contributed by atoms with E-state index in [9.17, 15) is 4.79 Å². The molecule has 0 fully saturated rings. The van der Waals surface area contributed by atoms with E-state index in [1.54, 1.807) is 0 Å². The second kappa shape index (κ2) is 6.16. The van der Waals surface area contributed by atoms with Crippen LogP contribution in [0.15, 0.2) is 23.6 Å². The van der Waals surface area contributed by atoms with Crippen LogP contribution in [-0.2, 0) is 20.0 Å². The Balaban J connectivity index is 1.68. The van der Waals surface area contributed by atoms with Gasteiger partial charge in [-0.3, -0.25) is 0 Å². The fraction of sp³-hybridized carbons (Fsp3) is 0.471. The number of carbonyl (C=O) groups excluding carboxylic acids is 1. The summed E-state index contributed by atoms with van der Waals surface area (Å²) in [6.07, 6.45) is 1.93. The number of urea groups is 1. The summed E-state index contributed by atoms with van der Waals surface area (Å²) in [5, 5.41) is 5.22. The van der Waals surface area contributed by atoms with Crippen LogP contribution in [0.25, 0.3) is 0 Å². The van der Waals surface area contributed by atoms with Gasteiger partial charge in [-0.05, 0) is 48.9 Å². The van der Waals surface area contributed by atoms with E-state index in [0.29, 0.717) is 6.54 Å². The molecule has 1 N–H and O–H groups in total. The molecule has 0 saturated heterocycles. The molecule has 2 amide bonds. The van der Waals surface area contributed by atoms with Crippen molar-refractivity contribution in [2.75, 3.05) is 6.54 Å². The number of aromatic nitrogens is 1. The highest BCUT2D eigenvalue weighted by Crippen LogP contribution is 2.35. The van der Waals surface area contributed by atoms with Gasteiger partial charge < -0.3 is 14.8 Å². The van der Waals surface area contributed by atoms with E-state index in [4.69, 9.17) is 0 Å². The van der Waals surface area contributed by atoms with E-state index < -0.39 is 0 Å². The number of nitrogens with one attached hydrogen (secondary N) is 1. The van der Waals surface area contributed by atoms with E-state index >= 15 is 0 Å². The predicted octanol–water partition coefficient (Wildman–Crippen LogP) is 3.61. The topological polar surface area (TPSA) is 37.3 Å². The summed E-state index contributed by atoms with van der Waals surface area (Å²) < 4.78 is 2.12. The van der Waals surface area contributed by atoms with Crippen LogP contribution >= 0.6 is 11.3 Å². The summed E-state index contributed by atoms with van der Waals surface area (Å²) >= 11 is 1.81. The third kappa shape index (κ3) is 2.65. The zero-order chi connectivity index (χ0) is 15.7. The van der Waals surface area contributed by atoms with Crippen LogP contribution in [0.4, 0.5) is 4.79 Å². The zero-order valence-corrected chi connectivity index (χ0v) is 14.2. The summed E-state index contributed by atoms with van der Waals surface area (Å²) in [4.78, 5) is 16.0. The molecule has 2 aromatic rings. The molecule has 3 heterocycles. The van der Waals surface area contributed by atoms with Crippen LogP contribution < -0.4 is 5.32 Å². The van der Waals surface area contributed by atoms with Crippen LogP contribution in [-0.4, -0.2) is 22.0 Å². The lowest BCUT2D eigenvalue weighted by Gasteiger charge is -2.35. The SMILES string of the molecule is CC[C@H]1c2ccsc2CCN1C(=O)NCc1ccc(C)n1C. The van der Waals surface area contributed by atoms with Gasteiger partial charge in [-0.25, -0.2) is 4.79 Å². The highest BCUT2D eigenvalue weighted by molar-refractivity contribution is 7.10. The predicted molar refractivity (Wildman–Crippen MR) is 90.1 cm³/mol. The molecule has 22 heavy (non-hydrogen) atoms. The first-order valence-electron chi connectivity index (χ1n) is 7.83. The number of hydrogen-bond donors (Lipinski definition) is 1. The zero-order valence-electron chi connectivity index (χ0n) is 13.4. The molecule has 118 valence electrons. The van der Waals surface area contributed by atoms with Crippen molar-refractivity contribution in [3.05, 3.63) is 45.4 Å². The van der Waals surface area contributed by atoms with E-state index in [1.165, 1.54) is 16.1 Å². The van der Waals surface area contributed by atoms with Crippen LogP contribution in [0, 0.1) is 6.92 Å². The molecule has 0 saturated carbocycles. The first kappa shape index (κ1) is 15.2. The van der Waals surface area contributed by atoms with Gasteiger partial charge in [-0.1, -0.05) is 6.92 Å². The lowest BCUT2D eigenvalue weighted by Crippen LogP contribution is -2.45. The maximum atomic E-state index is 12.6. The molecule has 1 atom stereocenters. The average molecular weight is 317 g/mol. The quantitative estimate of drug-likeness (QED) is 0.922. The Kier molecular flexibility index (Phi) is 4.25. The molecular weight excluding hydrogens is 294 g/mol. The second-order valence-electron chi connectivity index (χ2n) is 5.85. The molecule has 0 aromatic carbocycles. The standard InChI is InChI=1S/C17H23N3OS/c1-4-15-14-8-10-22-16(14)7-9-20(15)17(21)18-11-13-6-5-12(2)19(13)3/h5-6,8,10,15H,4,7,9,11H2,1-3H3,(H,18,21)/t15-/m0/s1. The number of aryl methyl sites for hydroxylation is 1. The molecule has 1 aliphatic rings. The number of fused-ring (bicyclic) bond motifs is 1. The smallest absolute Gasteiger partial charge is 0.318 e. The van der Waals surface area contributed by atoms with Gasteiger partial charge in [0.1, 0.15) is 0 Å². The molecule has 3 rings (SSSR count). The maximum absolute atomic E-state index is 12.6. The Morgan fingerprint density at radius 3 is 2.91 bits per heavy atom. The van der Waals surface area contributed by atoms with Crippen LogP contribution in [0.3, 0.4) is 0 Å². The summed E-state index contributed by atoms with van der Waals surface area (Å²) in [7, 11) is 2.03. The van der Waals surface area contributed by atoms with Crippen LogP contribution in [0.1, 0.15) is 41.2 Å². The van der Waals surface area contributed by atoms with Gasteiger partial charge in [-0.2, -0.15) is 0 Å². The second-order valence-corrected chi connectivity index (χ2v) is 6.85. The van der Waals surface area contributed by atoms with Crippen LogP contribution in [0.5, 0.6) is 0 Å². The third-order valence-electron chi connectivity index (χ3n) is 4.64. The summed E-state index contributed by atoms with van der Waals surface area (Å²) in [6, 6.07) is 6.58. The Bertz CT molecular complexity index is 673. The maximum Gasteiger partial charge on any atom is 0.318 e. The Morgan fingerprint density at radius 1 is 1.41 bits per heavy atom. The molecule has 0 bridgehead atoms. The van der Waals surface area contributed by atoms with E-state index in [1.807, 2.05) is 23.3 Å². The van der Waals surface area contributed by atoms with Gasteiger partial charge in [-0.15, -0.1) is 11.3 Å². The summed E-state index contributed by atoms with van der Waals surface area (Å²) in [6.45, 7) is 5.61. The lowest BCUT2D eigenvalue weighted by atomic mass is 9.98. The summed E-state index contributed by atoms with van der Waals surface area (Å²) in [5.74, 6) is 0. The van der Waals surface area contributed by atoms with Crippen molar-refractivity contribution in [3.8, 4) is 0 Å². The van der Waals surface area contributed by atoms with Crippen molar-refractivity contribution >= 4 is 17.4 Å². The Morgan fingerprint density at radius 2 is 2.23 bits per heavy atom. The van der Waals surface area contributed by atoms with Crippen molar-refractivity contribution in [1.29, 1.82) is 0 Å². The monoisotopic (exact) mass is 317 g/mol. The molecule has 0 spiro atoms. The number of amides is 2. The first-order valence-corrected chi connectivity index (χ1v) is 8.71. The lowest BCUT2D eigenvalue weighted by molar-refractivity contribution is 0.167. The minimum atomic E-state index is 0.0440.